The van der Waals surface area contributed by atoms with Crippen LogP contribution in [0.3, 0.4) is 0 Å². The van der Waals surface area contributed by atoms with Gasteiger partial charge in [-0.15, -0.1) is 0 Å². The minimum Gasteiger partial charge on any atom is -0.464 e. The summed E-state index contributed by atoms with van der Waals surface area (Å²) in [4.78, 5) is 34.5. The monoisotopic (exact) mass is 288 g/mol. The average Bonchev–Trinajstić information content (AvgIpc) is 2.41. The molecule has 108 valence electrons. The fraction of sp³-hybridized carbons (Fsp3) is 0.667. The fourth-order valence-corrected chi connectivity index (χ4v) is 1.53. The Morgan fingerprint density at radius 2 is 2.05 bits per heavy atom. The van der Waals surface area contributed by atoms with Gasteiger partial charge in [0.05, 0.1) is 18.1 Å². The quantitative estimate of drug-likeness (QED) is 0.483. The second kappa shape index (κ2) is 9.55. The number of esters is 1. The molecule has 0 fully saturated rings. The van der Waals surface area contributed by atoms with Gasteiger partial charge in [0.25, 0.3) is 0 Å². The first-order valence-electron chi connectivity index (χ1n) is 5.99. The summed E-state index contributed by atoms with van der Waals surface area (Å²) in [5, 5.41) is 9.09. The fourth-order valence-electron chi connectivity index (χ4n) is 1.25. The van der Waals surface area contributed by atoms with Gasteiger partial charge in [-0.1, -0.05) is 0 Å². The van der Waals surface area contributed by atoms with E-state index in [-0.39, 0.29) is 36.4 Å². The second-order valence-electron chi connectivity index (χ2n) is 3.84. The third-order valence-corrected chi connectivity index (χ3v) is 3.37. The van der Waals surface area contributed by atoms with Gasteiger partial charge in [-0.05, 0) is 26.5 Å². The Balaban J connectivity index is 4.57. The lowest BCUT2D eigenvalue weighted by atomic mass is 10.1. The van der Waals surface area contributed by atoms with Gasteiger partial charge in [0.1, 0.15) is 6.04 Å². The lowest BCUT2D eigenvalue weighted by Gasteiger charge is -2.18. The number of thioether (sulfide) groups is 1. The van der Waals surface area contributed by atoms with Crippen molar-refractivity contribution in [1.29, 1.82) is 5.41 Å². The first kappa shape index (κ1) is 17.6. The van der Waals surface area contributed by atoms with Crippen molar-refractivity contribution in [2.75, 3.05) is 12.9 Å². The summed E-state index contributed by atoms with van der Waals surface area (Å²) < 4.78 is 4.86. The van der Waals surface area contributed by atoms with Crippen molar-refractivity contribution in [1.82, 2.24) is 5.32 Å². The summed E-state index contributed by atoms with van der Waals surface area (Å²) in [5.74, 6) is -1.21. The highest BCUT2D eigenvalue weighted by Gasteiger charge is 2.24. The number of carbonyl (C=O) groups is 3. The van der Waals surface area contributed by atoms with Gasteiger partial charge in [-0.25, -0.2) is 4.79 Å². The molecule has 0 spiro atoms. The first-order valence-corrected chi connectivity index (χ1v) is 7.28. The maximum atomic E-state index is 11.7. The van der Waals surface area contributed by atoms with Crippen LogP contribution in [0.4, 0.5) is 0 Å². The van der Waals surface area contributed by atoms with Gasteiger partial charge in [0.15, 0.2) is 5.78 Å². The number of carbonyl (C=O) groups excluding carboxylic acids is 3. The van der Waals surface area contributed by atoms with Crippen molar-refractivity contribution in [3.8, 4) is 0 Å². The van der Waals surface area contributed by atoms with E-state index < -0.39 is 12.0 Å². The molecule has 19 heavy (non-hydrogen) atoms. The molecule has 0 aliphatic heterocycles. The summed E-state index contributed by atoms with van der Waals surface area (Å²) in [6, 6.07) is -0.842. The molecule has 0 heterocycles. The Labute approximate surface area is 117 Å². The number of rotatable bonds is 9. The molecule has 0 aromatic carbocycles. The van der Waals surface area contributed by atoms with Crippen molar-refractivity contribution in [2.24, 2.45) is 0 Å². The van der Waals surface area contributed by atoms with E-state index in [4.69, 9.17) is 10.1 Å². The van der Waals surface area contributed by atoms with E-state index in [0.717, 1.165) is 0 Å². The molecule has 6 nitrogen and oxygen atoms in total. The van der Waals surface area contributed by atoms with E-state index in [1.54, 1.807) is 20.1 Å². The molecule has 0 saturated carbocycles. The molecule has 0 rings (SSSR count). The maximum Gasteiger partial charge on any atom is 0.328 e. The van der Waals surface area contributed by atoms with Crippen LogP contribution >= 0.6 is 11.8 Å². The van der Waals surface area contributed by atoms with E-state index >= 15 is 0 Å². The normalized spacial score (nSPS) is 13.2. The molecule has 2 atom stereocenters. The summed E-state index contributed by atoms with van der Waals surface area (Å²) in [5.41, 5.74) is 0. The van der Waals surface area contributed by atoms with Crippen LogP contribution in [0.15, 0.2) is 0 Å². The van der Waals surface area contributed by atoms with Crippen LogP contribution in [0.1, 0.15) is 26.7 Å². The predicted molar refractivity (Wildman–Crippen MR) is 74.6 cm³/mol. The van der Waals surface area contributed by atoms with Gasteiger partial charge >= 0.3 is 5.97 Å². The molecular weight excluding hydrogens is 268 g/mol. The van der Waals surface area contributed by atoms with Gasteiger partial charge < -0.3 is 15.5 Å². The summed E-state index contributed by atoms with van der Waals surface area (Å²) >= 11 is 1.36. The molecule has 0 radical (unpaired) electrons. The molecule has 7 heteroatoms. The molecule has 0 aliphatic carbocycles. The first-order chi connectivity index (χ1) is 8.96. The maximum absolute atomic E-state index is 11.7. The molecule has 0 aromatic rings. The van der Waals surface area contributed by atoms with Crippen LogP contribution in [0.5, 0.6) is 0 Å². The number of nitrogens with one attached hydrogen (secondary N) is 2. The van der Waals surface area contributed by atoms with E-state index in [0.29, 0.717) is 6.21 Å². The third kappa shape index (κ3) is 6.95. The van der Waals surface area contributed by atoms with Gasteiger partial charge in [-0.3, -0.25) is 9.59 Å². The van der Waals surface area contributed by atoms with Crippen molar-refractivity contribution in [3.05, 3.63) is 0 Å². The number of Topliss-reactive ketones (excluding diaryl/α,β-unsaturated/α-hetero) is 1. The third-order valence-electron chi connectivity index (χ3n) is 2.45. The Bertz CT molecular complexity index is 347. The zero-order chi connectivity index (χ0) is 14.8. The van der Waals surface area contributed by atoms with Crippen LogP contribution in [-0.2, 0) is 19.1 Å². The lowest BCUT2D eigenvalue weighted by Crippen LogP contribution is -2.45. The molecule has 0 aromatic heterocycles. The number of hydrogen-bond donors (Lipinski definition) is 2. The minimum atomic E-state index is -0.842. The Morgan fingerprint density at radius 1 is 1.42 bits per heavy atom. The topological polar surface area (TPSA) is 96.3 Å². The molecular formula is C12H20N2O4S. The van der Waals surface area contributed by atoms with Gasteiger partial charge in [0, 0.05) is 6.42 Å². The highest BCUT2D eigenvalue weighted by molar-refractivity contribution is 7.99. The van der Waals surface area contributed by atoms with Crippen LogP contribution in [0, 0.1) is 5.41 Å². The standard InChI is InChI=1S/C12H20N2O4S/c1-4-18-12(17)10(6-5-9(15)7-13)14-11(16)8(2)19-3/h7-8,10,13H,4-6H2,1-3H3,(H,14,16)/t8-,10-/m0/s1. The molecule has 0 unspecified atom stereocenters. The van der Waals surface area contributed by atoms with E-state index in [2.05, 4.69) is 5.32 Å². The van der Waals surface area contributed by atoms with E-state index in [1.165, 1.54) is 11.8 Å². The molecule has 0 saturated heterocycles. The zero-order valence-corrected chi connectivity index (χ0v) is 12.2. The Hall–Kier alpha value is -1.37. The summed E-state index contributed by atoms with van der Waals surface area (Å²) in [7, 11) is 0. The van der Waals surface area contributed by atoms with Crippen LogP contribution in [-0.4, -0.2) is 48.0 Å². The summed E-state index contributed by atoms with van der Waals surface area (Å²) in [6.45, 7) is 3.61. The number of amides is 1. The van der Waals surface area contributed by atoms with Crippen LogP contribution < -0.4 is 5.32 Å². The largest absolute Gasteiger partial charge is 0.464 e. The number of hydrogen-bond acceptors (Lipinski definition) is 6. The van der Waals surface area contributed by atoms with Gasteiger partial charge in [-0.2, -0.15) is 11.8 Å². The van der Waals surface area contributed by atoms with Crippen molar-refractivity contribution >= 4 is 35.6 Å². The van der Waals surface area contributed by atoms with Crippen molar-refractivity contribution < 1.29 is 19.1 Å². The molecule has 0 aliphatic rings. The van der Waals surface area contributed by atoms with Crippen LogP contribution in [0.25, 0.3) is 0 Å². The SMILES string of the molecule is CCOC(=O)[C@H](CCC(=O)C=N)NC(=O)[C@H](C)SC. The van der Waals surface area contributed by atoms with Crippen molar-refractivity contribution in [2.45, 2.75) is 38.0 Å². The minimum absolute atomic E-state index is 0.0287. The molecule has 1 amide bonds. The molecule has 2 N–H and O–H groups in total. The zero-order valence-electron chi connectivity index (χ0n) is 11.4. The number of ether oxygens (including phenoxy) is 1. The van der Waals surface area contributed by atoms with E-state index in [1.807, 2.05) is 0 Å². The summed E-state index contributed by atoms with van der Waals surface area (Å²) in [6.07, 6.45) is 2.66. The Kier molecular flexibility index (Phi) is 8.86. The molecule has 0 bridgehead atoms. The van der Waals surface area contributed by atoms with E-state index in [9.17, 15) is 14.4 Å². The smallest absolute Gasteiger partial charge is 0.328 e. The highest BCUT2D eigenvalue weighted by atomic mass is 32.2. The Morgan fingerprint density at radius 3 is 2.53 bits per heavy atom. The lowest BCUT2D eigenvalue weighted by molar-refractivity contribution is -0.147. The van der Waals surface area contributed by atoms with Crippen LogP contribution in [0.2, 0.25) is 0 Å². The second-order valence-corrected chi connectivity index (χ2v) is 5.02. The average molecular weight is 288 g/mol. The predicted octanol–water partition coefficient (Wildman–Crippen LogP) is 0.785. The van der Waals surface area contributed by atoms with Crippen molar-refractivity contribution in [3.63, 3.8) is 0 Å². The number of ketones is 1. The highest BCUT2D eigenvalue weighted by Crippen LogP contribution is 2.07. The van der Waals surface area contributed by atoms with Gasteiger partial charge in [0.2, 0.25) is 5.91 Å².